The fraction of sp³-hybridized carbons (Fsp3) is 0.0769. The molecule has 184 valence electrons. The van der Waals surface area contributed by atoms with Gasteiger partial charge in [0.1, 0.15) is 21.8 Å². The Hall–Kier alpha value is -3.93. The van der Waals surface area contributed by atoms with Gasteiger partial charge in [-0.05, 0) is 54.2 Å². The number of hydrogen-bond acceptors (Lipinski definition) is 9. The molecule has 37 heavy (non-hydrogen) atoms. The van der Waals surface area contributed by atoms with Gasteiger partial charge in [-0.2, -0.15) is 0 Å². The lowest BCUT2D eigenvalue weighted by atomic mass is 10.1. The van der Waals surface area contributed by atoms with Crippen LogP contribution < -0.4 is 11.2 Å². The second kappa shape index (κ2) is 9.51. The van der Waals surface area contributed by atoms with E-state index in [0.717, 1.165) is 0 Å². The van der Waals surface area contributed by atoms with E-state index in [0.29, 0.717) is 54.2 Å². The van der Waals surface area contributed by atoms with E-state index in [1.165, 1.54) is 41.3 Å². The summed E-state index contributed by atoms with van der Waals surface area (Å²) in [6.45, 7) is 0.353. The maximum atomic E-state index is 13.8. The number of aromatic nitrogens is 3. The van der Waals surface area contributed by atoms with Gasteiger partial charge in [-0.1, -0.05) is 41.3 Å². The average molecular weight is 548 g/mol. The highest BCUT2D eigenvalue weighted by Gasteiger charge is 2.19. The minimum atomic E-state index is -0.526. The normalized spacial score (nSPS) is 11.5. The summed E-state index contributed by atoms with van der Waals surface area (Å²) in [7, 11) is 0. The third-order valence-corrected chi connectivity index (χ3v) is 8.15. The molecule has 0 aliphatic heterocycles. The summed E-state index contributed by atoms with van der Waals surface area (Å²) >= 11 is 8.13. The lowest BCUT2D eigenvalue weighted by Gasteiger charge is -2.13. The molecule has 0 amide bonds. The van der Waals surface area contributed by atoms with Crippen molar-refractivity contribution in [3.8, 4) is 11.4 Å². The molecule has 11 heteroatoms. The van der Waals surface area contributed by atoms with Gasteiger partial charge < -0.3 is 13.9 Å². The molecule has 0 unspecified atom stereocenters. The summed E-state index contributed by atoms with van der Waals surface area (Å²) in [5.41, 5.74) is 1.38. The van der Waals surface area contributed by atoms with Crippen LogP contribution in [0.3, 0.4) is 0 Å². The number of hydrogen-bond donors (Lipinski definition) is 1. The minimum absolute atomic E-state index is 0.00350. The van der Waals surface area contributed by atoms with Crippen molar-refractivity contribution in [2.45, 2.75) is 17.5 Å². The van der Waals surface area contributed by atoms with E-state index >= 15 is 0 Å². The number of aromatic hydroxyl groups is 1. The molecule has 0 aliphatic rings. The summed E-state index contributed by atoms with van der Waals surface area (Å²) in [6.07, 6.45) is 1.59. The fourth-order valence-electron chi connectivity index (χ4n) is 4.06. The number of phenolic OH excluding ortho intramolecular Hbond substituents is 1. The molecule has 4 aromatic heterocycles. The van der Waals surface area contributed by atoms with E-state index in [4.69, 9.17) is 26.0 Å². The van der Waals surface area contributed by atoms with Crippen molar-refractivity contribution in [3.05, 3.63) is 109 Å². The first kappa shape index (κ1) is 23.5. The smallest absolute Gasteiger partial charge is 0.336 e. The number of thiazole rings is 1. The molecular weight excluding hydrogens is 531 g/mol. The molecule has 0 saturated carbocycles. The SMILES string of the molecule is O=c1cc(CSc2nc3c(sc(=S)n3Cc3ccco3)c(=O)n2-c2ccccc2)c2ccc(O)cc2o1. The molecule has 0 spiro atoms. The molecule has 2 aromatic carbocycles. The van der Waals surface area contributed by atoms with Gasteiger partial charge in [0.15, 0.2) is 14.8 Å². The topological polar surface area (TPSA) is 103 Å². The number of benzene rings is 2. The Morgan fingerprint density at radius 1 is 1.05 bits per heavy atom. The summed E-state index contributed by atoms with van der Waals surface area (Å²) < 4.78 is 15.1. The maximum Gasteiger partial charge on any atom is 0.336 e. The van der Waals surface area contributed by atoms with Gasteiger partial charge in [-0.15, -0.1) is 0 Å². The maximum absolute atomic E-state index is 13.8. The Morgan fingerprint density at radius 2 is 1.89 bits per heavy atom. The Balaban J connectivity index is 1.51. The highest BCUT2D eigenvalue weighted by atomic mass is 32.2. The summed E-state index contributed by atoms with van der Waals surface area (Å²) in [5, 5.41) is 10.9. The third-order valence-electron chi connectivity index (χ3n) is 5.74. The molecular formula is C26H17N3O5S3. The van der Waals surface area contributed by atoms with Crippen LogP contribution >= 0.6 is 35.3 Å². The average Bonchev–Trinajstić information content (AvgIpc) is 3.51. The van der Waals surface area contributed by atoms with Crippen molar-refractivity contribution >= 4 is 56.6 Å². The third kappa shape index (κ3) is 4.41. The number of thioether (sulfide) groups is 1. The van der Waals surface area contributed by atoms with Gasteiger partial charge >= 0.3 is 5.63 Å². The van der Waals surface area contributed by atoms with E-state index in [9.17, 15) is 14.7 Å². The standard InChI is InChI=1S/C26H17N3O5S3/c30-17-8-9-19-15(11-21(31)34-20(19)12-17)14-36-25-27-23-22(24(32)29(25)16-5-2-1-3-6-16)37-26(35)28(23)13-18-7-4-10-33-18/h1-12,30H,13-14H2. The van der Waals surface area contributed by atoms with E-state index in [-0.39, 0.29) is 16.9 Å². The molecule has 0 fully saturated rings. The van der Waals surface area contributed by atoms with E-state index in [1.807, 2.05) is 36.4 Å². The molecule has 0 bridgehead atoms. The van der Waals surface area contributed by atoms with Crippen molar-refractivity contribution in [1.82, 2.24) is 14.1 Å². The summed E-state index contributed by atoms with van der Waals surface area (Å²) in [6, 6.07) is 19.0. The van der Waals surface area contributed by atoms with Crippen LogP contribution in [0.2, 0.25) is 0 Å². The fourth-order valence-corrected chi connectivity index (χ4v) is 6.31. The first-order valence-corrected chi connectivity index (χ1v) is 13.3. The van der Waals surface area contributed by atoms with Crippen LogP contribution in [0.4, 0.5) is 0 Å². The molecule has 4 heterocycles. The van der Waals surface area contributed by atoms with Crippen molar-refractivity contribution in [1.29, 1.82) is 0 Å². The monoisotopic (exact) mass is 547 g/mol. The second-order valence-electron chi connectivity index (χ2n) is 8.12. The van der Waals surface area contributed by atoms with E-state index in [2.05, 4.69) is 0 Å². The first-order valence-electron chi connectivity index (χ1n) is 11.1. The lowest BCUT2D eigenvalue weighted by molar-refractivity contribution is 0.473. The lowest BCUT2D eigenvalue weighted by Crippen LogP contribution is -2.21. The molecule has 0 radical (unpaired) electrons. The predicted molar refractivity (Wildman–Crippen MR) is 146 cm³/mol. The molecule has 0 saturated heterocycles. The molecule has 0 aliphatic carbocycles. The first-order chi connectivity index (χ1) is 18.0. The Labute approximate surface area is 222 Å². The van der Waals surface area contributed by atoms with Crippen LogP contribution in [0.15, 0.2) is 96.6 Å². The van der Waals surface area contributed by atoms with Gasteiger partial charge in [0.05, 0.1) is 18.5 Å². The highest BCUT2D eigenvalue weighted by Crippen LogP contribution is 2.30. The van der Waals surface area contributed by atoms with Gasteiger partial charge in [-0.3, -0.25) is 13.9 Å². The number of para-hydroxylation sites is 1. The van der Waals surface area contributed by atoms with E-state index < -0.39 is 5.63 Å². The number of rotatable bonds is 6. The van der Waals surface area contributed by atoms with Gasteiger partial charge in [0.25, 0.3) is 5.56 Å². The summed E-state index contributed by atoms with van der Waals surface area (Å²) in [4.78, 5) is 30.9. The molecule has 1 N–H and O–H groups in total. The van der Waals surface area contributed by atoms with Crippen molar-refractivity contribution in [2.75, 3.05) is 0 Å². The Bertz CT molecular complexity index is 1940. The zero-order valence-electron chi connectivity index (χ0n) is 19.0. The van der Waals surface area contributed by atoms with Gasteiger partial charge in [-0.25, -0.2) is 9.78 Å². The van der Waals surface area contributed by atoms with Crippen LogP contribution in [0, 0.1) is 3.95 Å². The molecule has 0 atom stereocenters. The molecule has 8 nitrogen and oxygen atoms in total. The van der Waals surface area contributed by atoms with E-state index in [1.54, 1.807) is 27.5 Å². The number of nitrogens with zero attached hydrogens (tertiary/aromatic N) is 3. The van der Waals surface area contributed by atoms with Crippen LogP contribution in [-0.4, -0.2) is 19.2 Å². The quantitative estimate of drug-likeness (QED) is 0.122. The molecule has 6 aromatic rings. The zero-order valence-corrected chi connectivity index (χ0v) is 21.4. The van der Waals surface area contributed by atoms with Crippen LogP contribution in [0.1, 0.15) is 11.3 Å². The molecule has 6 rings (SSSR count). The number of furan rings is 1. The number of phenols is 1. The van der Waals surface area contributed by atoms with Crippen molar-refractivity contribution in [3.63, 3.8) is 0 Å². The predicted octanol–water partition coefficient (Wildman–Crippen LogP) is 5.72. The Morgan fingerprint density at radius 3 is 2.68 bits per heavy atom. The van der Waals surface area contributed by atoms with Gasteiger partial charge in [0, 0.05) is 23.3 Å². The summed E-state index contributed by atoms with van der Waals surface area (Å²) in [5.74, 6) is 1.04. The van der Waals surface area contributed by atoms with Crippen LogP contribution in [0.5, 0.6) is 5.75 Å². The Kier molecular flexibility index (Phi) is 6.03. The number of fused-ring (bicyclic) bond motifs is 2. The zero-order chi connectivity index (χ0) is 25.5. The van der Waals surface area contributed by atoms with Crippen molar-refractivity contribution < 1.29 is 13.9 Å². The largest absolute Gasteiger partial charge is 0.508 e. The second-order valence-corrected chi connectivity index (χ2v) is 10.7. The van der Waals surface area contributed by atoms with Gasteiger partial charge in [0.2, 0.25) is 0 Å². The van der Waals surface area contributed by atoms with Crippen molar-refractivity contribution in [2.24, 2.45) is 0 Å². The highest BCUT2D eigenvalue weighted by molar-refractivity contribution is 7.98. The van der Waals surface area contributed by atoms with Crippen LogP contribution in [0.25, 0.3) is 27.0 Å². The minimum Gasteiger partial charge on any atom is -0.508 e. The van der Waals surface area contributed by atoms with Crippen LogP contribution in [-0.2, 0) is 12.3 Å².